The average Bonchev–Trinajstić information content (AvgIpc) is 2.71. The van der Waals surface area contributed by atoms with E-state index in [4.69, 9.17) is 32.7 Å². The Bertz CT molecular complexity index is 670. The lowest BCUT2D eigenvalue weighted by molar-refractivity contribution is -0.142. The maximum absolute atomic E-state index is 11.4. The molecule has 1 aromatic carbocycles. The molecule has 0 atom stereocenters. The molecule has 0 bridgehead atoms. The van der Waals surface area contributed by atoms with E-state index in [9.17, 15) is 4.79 Å². The highest BCUT2D eigenvalue weighted by Crippen LogP contribution is 2.33. The van der Waals surface area contributed by atoms with Gasteiger partial charge in [-0.15, -0.1) is 0 Å². The summed E-state index contributed by atoms with van der Waals surface area (Å²) >= 11 is 12.3. The highest BCUT2D eigenvalue weighted by molar-refractivity contribution is 6.42. The minimum atomic E-state index is -0.141. The minimum absolute atomic E-state index is 0.141. The topological polar surface area (TPSA) is 42.0 Å². The largest absolute Gasteiger partial charge is 0.490 e. The first-order valence-electron chi connectivity index (χ1n) is 10.1. The van der Waals surface area contributed by atoms with Crippen LogP contribution in [0.2, 0.25) is 10.0 Å². The molecular weight excluding hydrogens is 399 g/mol. The van der Waals surface area contributed by atoms with Gasteiger partial charge in [0, 0.05) is 25.2 Å². The lowest BCUT2D eigenvalue weighted by Gasteiger charge is -2.37. The number of methoxy groups -OCH3 is 1. The molecule has 0 aliphatic carbocycles. The molecule has 7 heteroatoms. The first-order chi connectivity index (χ1) is 13.5. The fraction of sp³-hybridized carbons (Fsp3) is 0.667. The number of nitrogens with zero attached hydrogens (tertiary/aromatic N) is 2. The molecule has 1 aromatic rings. The van der Waals surface area contributed by atoms with Gasteiger partial charge in [0.05, 0.1) is 23.7 Å². The van der Waals surface area contributed by atoms with Gasteiger partial charge in [-0.3, -0.25) is 9.69 Å². The molecule has 2 heterocycles. The molecule has 0 spiro atoms. The molecule has 28 heavy (non-hydrogen) atoms. The van der Waals surface area contributed by atoms with Crippen molar-refractivity contribution >= 4 is 29.2 Å². The Balaban J connectivity index is 1.39. The molecule has 0 amide bonds. The standard InChI is InChI=1S/C21H30Cl2N2O3/c1-15-19(4-3-18(22)21(15)23)28-17-7-11-24(12-8-17)13-16-5-9-25(10-6-16)14-20(26)27-2/h3-4,16-17H,5-14H2,1-2H3. The van der Waals surface area contributed by atoms with Crippen LogP contribution in [0.15, 0.2) is 12.1 Å². The molecule has 0 radical (unpaired) electrons. The van der Waals surface area contributed by atoms with Crippen molar-refractivity contribution in [2.75, 3.05) is 46.4 Å². The van der Waals surface area contributed by atoms with E-state index in [1.807, 2.05) is 13.0 Å². The van der Waals surface area contributed by atoms with Gasteiger partial charge >= 0.3 is 5.97 Å². The van der Waals surface area contributed by atoms with Crippen LogP contribution in [-0.4, -0.2) is 68.3 Å². The second kappa shape index (κ2) is 10.1. The predicted octanol–water partition coefficient (Wildman–Crippen LogP) is 4.03. The molecule has 156 valence electrons. The number of hydrogen-bond donors (Lipinski definition) is 0. The summed E-state index contributed by atoms with van der Waals surface area (Å²) in [6.45, 7) is 7.60. The van der Waals surface area contributed by atoms with Crippen molar-refractivity contribution in [3.63, 3.8) is 0 Å². The third-order valence-electron chi connectivity index (χ3n) is 5.92. The maximum atomic E-state index is 11.4. The van der Waals surface area contributed by atoms with E-state index in [0.29, 0.717) is 22.5 Å². The normalized spacial score (nSPS) is 20.3. The third kappa shape index (κ3) is 5.76. The van der Waals surface area contributed by atoms with Crippen LogP contribution < -0.4 is 4.74 Å². The van der Waals surface area contributed by atoms with Crippen molar-refractivity contribution in [1.29, 1.82) is 0 Å². The highest BCUT2D eigenvalue weighted by Gasteiger charge is 2.26. The first-order valence-corrected chi connectivity index (χ1v) is 10.8. The van der Waals surface area contributed by atoms with Crippen molar-refractivity contribution in [3.05, 3.63) is 27.7 Å². The fourth-order valence-corrected chi connectivity index (χ4v) is 4.45. The van der Waals surface area contributed by atoms with Crippen LogP contribution in [0.1, 0.15) is 31.2 Å². The second-order valence-electron chi connectivity index (χ2n) is 7.90. The van der Waals surface area contributed by atoms with Crippen molar-refractivity contribution in [3.8, 4) is 5.75 Å². The summed E-state index contributed by atoms with van der Waals surface area (Å²) in [5.41, 5.74) is 0.912. The van der Waals surface area contributed by atoms with Crippen LogP contribution in [0.3, 0.4) is 0 Å². The predicted molar refractivity (Wildman–Crippen MR) is 112 cm³/mol. The minimum Gasteiger partial charge on any atom is -0.490 e. The van der Waals surface area contributed by atoms with Crippen LogP contribution in [0.25, 0.3) is 0 Å². The molecule has 0 N–H and O–H groups in total. The number of hydrogen-bond acceptors (Lipinski definition) is 5. The summed E-state index contributed by atoms with van der Waals surface area (Å²) < 4.78 is 11.0. The number of rotatable bonds is 6. The number of halogens is 2. The van der Waals surface area contributed by atoms with Crippen LogP contribution in [0, 0.1) is 12.8 Å². The number of piperidine rings is 2. The van der Waals surface area contributed by atoms with Crippen molar-refractivity contribution in [2.24, 2.45) is 5.92 Å². The van der Waals surface area contributed by atoms with Crippen LogP contribution >= 0.6 is 23.2 Å². The van der Waals surface area contributed by atoms with Crippen LogP contribution in [0.5, 0.6) is 5.75 Å². The molecule has 2 fully saturated rings. The zero-order chi connectivity index (χ0) is 20.1. The highest BCUT2D eigenvalue weighted by atomic mass is 35.5. The molecule has 2 aliphatic heterocycles. The van der Waals surface area contributed by atoms with Crippen molar-refractivity contribution < 1.29 is 14.3 Å². The first kappa shape index (κ1) is 21.7. The molecule has 0 unspecified atom stereocenters. The third-order valence-corrected chi connectivity index (χ3v) is 6.82. The molecule has 3 rings (SSSR count). The van der Waals surface area contributed by atoms with Crippen molar-refractivity contribution in [2.45, 2.75) is 38.7 Å². The van der Waals surface area contributed by atoms with Gasteiger partial charge in [-0.05, 0) is 63.7 Å². The van der Waals surface area contributed by atoms with Gasteiger partial charge < -0.3 is 14.4 Å². The number of esters is 1. The summed E-state index contributed by atoms with van der Waals surface area (Å²) in [6, 6.07) is 3.71. The molecule has 0 saturated carbocycles. The van der Waals surface area contributed by atoms with E-state index in [0.717, 1.165) is 69.7 Å². The van der Waals surface area contributed by atoms with Crippen molar-refractivity contribution in [1.82, 2.24) is 9.80 Å². The lowest BCUT2D eigenvalue weighted by atomic mass is 9.95. The Hall–Kier alpha value is -1.01. The molecular formula is C21H30Cl2N2O3. The summed E-state index contributed by atoms with van der Waals surface area (Å²) in [7, 11) is 1.45. The number of carbonyl (C=O) groups excluding carboxylic acids is 1. The van der Waals surface area contributed by atoms with E-state index in [1.165, 1.54) is 7.11 Å². The summed E-state index contributed by atoms with van der Waals surface area (Å²) in [5, 5.41) is 1.15. The fourth-order valence-electron chi connectivity index (χ4n) is 4.09. The van der Waals surface area contributed by atoms with Gasteiger partial charge in [0.2, 0.25) is 0 Å². The maximum Gasteiger partial charge on any atom is 0.319 e. The summed E-state index contributed by atoms with van der Waals surface area (Å²) in [4.78, 5) is 16.2. The van der Waals surface area contributed by atoms with Gasteiger partial charge in [-0.2, -0.15) is 0 Å². The summed E-state index contributed by atoms with van der Waals surface area (Å²) in [5.74, 6) is 1.41. The van der Waals surface area contributed by atoms with E-state index in [2.05, 4.69) is 9.80 Å². The van der Waals surface area contributed by atoms with Crippen LogP contribution in [0.4, 0.5) is 0 Å². The quantitative estimate of drug-likeness (QED) is 0.639. The van der Waals surface area contributed by atoms with Crippen LogP contribution in [-0.2, 0) is 9.53 Å². The van der Waals surface area contributed by atoms with Gasteiger partial charge in [0.15, 0.2) is 0 Å². The van der Waals surface area contributed by atoms with E-state index >= 15 is 0 Å². The van der Waals surface area contributed by atoms with E-state index in [-0.39, 0.29) is 12.1 Å². The monoisotopic (exact) mass is 428 g/mol. The number of benzene rings is 1. The van der Waals surface area contributed by atoms with Gasteiger partial charge in [0.1, 0.15) is 11.9 Å². The molecule has 2 aliphatic rings. The second-order valence-corrected chi connectivity index (χ2v) is 8.68. The zero-order valence-corrected chi connectivity index (χ0v) is 18.3. The summed E-state index contributed by atoms with van der Waals surface area (Å²) in [6.07, 6.45) is 4.59. The average molecular weight is 429 g/mol. The smallest absolute Gasteiger partial charge is 0.319 e. The van der Waals surface area contributed by atoms with E-state index in [1.54, 1.807) is 6.07 Å². The Labute approximate surface area is 177 Å². The van der Waals surface area contributed by atoms with Gasteiger partial charge in [-0.1, -0.05) is 23.2 Å². The lowest BCUT2D eigenvalue weighted by Crippen LogP contribution is -2.44. The van der Waals surface area contributed by atoms with Gasteiger partial charge in [-0.25, -0.2) is 0 Å². The SMILES string of the molecule is COC(=O)CN1CCC(CN2CCC(Oc3ccc(Cl)c(Cl)c3C)CC2)CC1. The van der Waals surface area contributed by atoms with E-state index < -0.39 is 0 Å². The zero-order valence-electron chi connectivity index (χ0n) is 16.8. The number of ether oxygens (including phenoxy) is 2. The van der Waals surface area contributed by atoms with Gasteiger partial charge in [0.25, 0.3) is 0 Å². The Kier molecular flexibility index (Phi) is 7.86. The Morgan fingerprint density at radius 2 is 1.71 bits per heavy atom. The Morgan fingerprint density at radius 3 is 2.36 bits per heavy atom. The molecule has 5 nitrogen and oxygen atoms in total. The molecule has 0 aromatic heterocycles. The Morgan fingerprint density at radius 1 is 1.07 bits per heavy atom. The number of carbonyl (C=O) groups is 1. The number of likely N-dealkylation sites (tertiary alicyclic amines) is 2. The molecule has 2 saturated heterocycles.